The maximum atomic E-state index is 10.4. The van der Waals surface area contributed by atoms with Crippen molar-refractivity contribution in [3.63, 3.8) is 0 Å². The van der Waals surface area contributed by atoms with E-state index in [1.54, 1.807) is 0 Å². The maximum absolute atomic E-state index is 10.4. The van der Waals surface area contributed by atoms with Gasteiger partial charge in [-0.05, 0) is 12.1 Å². The van der Waals surface area contributed by atoms with Crippen LogP contribution in [0.25, 0.3) is 0 Å². The molecular weight excluding hydrogens is 277 g/mol. The fourth-order valence-corrected chi connectivity index (χ4v) is 1.61. The number of hydrogen-bond donors (Lipinski definition) is 0. The number of nitrogens with zero attached hydrogens (tertiary/aromatic N) is 1. The third kappa shape index (κ3) is 1.97. The lowest BCUT2D eigenvalue weighted by molar-refractivity contribution is -0.384. The van der Waals surface area contributed by atoms with Gasteiger partial charge in [0.1, 0.15) is 0 Å². The largest absolute Gasteiger partial charge is 0.340 e. The topological polar surface area (TPSA) is 77.3 Å². The molecule has 0 saturated carbocycles. The first kappa shape index (κ1) is 9.04. The SMILES string of the molecule is O=[N+]([O-])c1ccc(I(=O)=O)cc1. The molecule has 0 atom stereocenters. The van der Waals surface area contributed by atoms with E-state index in [-0.39, 0.29) is 9.26 Å². The average molecular weight is 281 g/mol. The van der Waals surface area contributed by atoms with Gasteiger partial charge in [0, 0.05) is 12.1 Å². The zero-order valence-electron chi connectivity index (χ0n) is 5.77. The minimum Gasteiger partial charge on any atom is -0.258 e. The van der Waals surface area contributed by atoms with E-state index in [2.05, 4.69) is 0 Å². The molecule has 64 valence electrons. The predicted octanol–water partition coefficient (Wildman–Crippen LogP) is 1.96. The molecule has 0 aliphatic heterocycles. The van der Waals surface area contributed by atoms with Crippen LogP contribution in [0.4, 0.5) is 5.69 Å². The van der Waals surface area contributed by atoms with Crippen LogP contribution in [0, 0.1) is 13.7 Å². The van der Waals surface area contributed by atoms with Gasteiger partial charge in [0.05, 0.1) is 8.49 Å². The molecule has 0 amide bonds. The monoisotopic (exact) mass is 281 g/mol. The molecule has 0 radical (unpaired) electrons. The predicted molar refractivity (Wildman–Crippen MR) is 47.2 cm³/mol. The molecule has 1 rings (SSSR count). The van der Waals surface area contributed by atoms with Crippen molar-refractivity contribution in [2.75, 3.05) is 0 Å². The first-order chi connectivity index (χ1) is 5.61. The van der Waals surface area contributed by atoms with Crippen molar-refractivity contribution in [1.82, 2.24) is 0 Å². The van der Waals surface area contributed by atoms with Gasteiger partial charge in [-0.15, -0.1) is 0 Å². The molecule has 0 N–H and O–H groups in total. The Morgan fingerprint density at radius 3 is 2.00 bits per heavy atom. The van der Waals surface area contributed by atoms with Crippen LogP contribution >= 0.6 is 19.8 Å². The van der Waals surface area contributed by atoms with Gasteiger partial charge in [0.25, 0.3) is 5.69 Å². The Hall–Kier alpha value is -1.05. The number of non-ortho nitro benzene ring substituents is 1. The molecule has 1 aromatic rings. The normalized spacial score (nSPS) is 10.1. The van der Waals surface area contributed by atoms with Gasteiger partial charge in [0.15, 0.2) is 0 Å². The molecule has 12 heavy (non-hydrogen) atoms. The van der Waals surface area contributed by atoms with Crippen molar-refractivity contribution < 1.29 is 11.1 Å². The summed E-state index contributed by atoms with van der Waals surface area (Å²) in [5.74, 6) is 0. The van der Waals surface area contributed by atoms with Gasteiger partial charge in [0.2, 0.25) is 0 Å². The summed E-state index contributed by atoms with van der Waals surface area (Å²) < 4.78 is 21.1. The molecule has 0 heterocycles. The van der Waals surface area contributed by atoms with Crippen LogP contribution in [0.2, 0.25) is 0 Å². The number of benzene rings is 1. The minimum atomic E-state index is -3.46. The van der Waals surface area contributed by atoms with Crippen LogP contribution in [0.5, 0.6) is 0 Å². The summed E-state index contributed by atoms with van der Waals surface area (Å²) in [6.45, 7) is 0. The van der Waals surface area contributed by atoms with Gasteiger partial charge < -0.3 is 0 Å². The number of nitro groups is 1. The highest BCUT2D eigenvalue weighted by Gasteiger charge is 2.05. The van der Waals surface area contributed by atoms with Crippen LogP contribution in [-0.4, -0.2) is 4.92 Å². The highest BCUT2D eigenvalue weighted by Crippen LogP contribution is 2.19. The molecule has 1 aromatic carbocycles. The van der Waals surface area contributed by atoms with E-state index in [9.17, 15) is 16.3 Å². The Labute approximate surface area is 74.7 Å². The Morgan fingerprint density at radius 1 is 1.17 bits per heavy atom. The fourth-order valence-electron chi connectivity index (χ4n) is 0.666. The lowest BCUT2D eigenvalue weighted by Crippen LogP contribution is -1.86. The van der Waals surface area contributed by atoms with E-state index in [1.807, 2.05) is 0 Å². The fraction of sp³-hybridized carbons (Fsp3) is 0. The zero-order valence-corrected chi connectivity index (χ0v) is 7.93. The Kier molecular flexibility index (Phi) is 2.69. The molecule has 0 spiro atoms. The Morgan fingerprint density at radius 2 is 1.67 bits per heavy atom. The first-order valence-corrected chi connectivity index (χ1v) is 5.75. The van der Waals surface area contributed by atoms with E-state index in [0.717, 1.165) is 0 Å². The van der Waals surface area contributed by atoms with Crippen molar-refractivity contribution in [3.05, 3.63) is 37.9 Å². The van der Waals surface area contributed by atoms with Gasteiger partial charge >= 0.3 is 19.8 Å². The van der Waals surface area contributed by atoms with Crippen LogP contribution in [0.15, 0.2) is 24.3 Å². The van der Waals surface area contributed by atoms with Crippen molar-refractivity contribution in [3.8, 4) is 0 Å². The summed E-state index contributed by atoms with van der Waals surface area (Å²) in [6, 6.07) is 4.83. The van der Waals surface area contributed by atoms with Crippen LogP contribution in [0.1, 0.15) is 0 Å². The molecule has 0 aromatic heterocycles. The number of hydrogen-bond acceptors (Lipinski definition) is 4. The minimum absolute atomic E-state index is 0.100. The Balaban J connectivity index is 3.09. The lowest BCUT2D eigenvalue weighted by atomic mass is 10.3. The number of nitro benzene ring substituents is 1. The number of rotatable bonds is 2. The van der Waals surface area contributed by atoms with Crippen molar-refractivity contribution in [2.45, 2.75) is 0 Å². The van der Waals surface area contributed by atoms with Crippen LogP contribution in [0.3, 0.4) is 0 Å². The molecule has 0 unspecified atom stereocenters. The lowest BCUT2D eigenvalue weighted by Gasteiger charge is -1.89. The third-order valence-corrected chi connectivity index (χ3v) is 2.95. The molecule has 0 aliphatic rings. The molecule has 0 bridgehead atoms. The highest BCUT2D eigenvalue weighted by molar-refractivity contribution is 14.2. The summed E-state index contributed by atoms with van der Waals surface area (Å²) in [6.07, 6.45) is 0. The van der Waals surface area contributed by atoms with Crippen LogP contribution in [-0.2, 0) is 6.14 Å². The molecule has 6 heteroatoms. The second kappa shape index (κ2) is 3.57. The van der Waals surface area contributed by atoms with Gasteiger partial charge in [-0.3, -0.25) is 10.1 Å². The standard InChI is InChI=1S/C6H4INO4/c9-7(10)5-1-3-6(4-2-5)8(11)12/h1-4H. The average Bonchev–Trinajstić information content (AvgIpc) is 2.04. The van der Waals surface area contributed by atoms with Crippen molar-refractivity contribution >= 4 is 25.5 Å². The highest BCUT2D eigenvalue weighted by atomic mass is 127. The Bertz CT molecular complexity index is 360. The summed E-state index contributed by atoms with van der Waals surface area (Å²) in [7, 11) is 0. The smallest absolute Gasteiger partial charge is 0.258 e. The molecular formula is C6H4INO4. The number of halogens is 1. The summed E-state index contributed by atoms with van der Waals surface area (Å²) in [4.78, 5) is 9.57. The first-order valence-electron chi connectivity index (χ1n) is 2.91. The zero-order chi connectivity index (χ0) is 9.14. The summed E-state index contributed by atoms with van der Waals surface area (Å²) in [5, 5.41) is 10.1. The molecule has 0 fully saturated rings. The van der Waals surface area contributed by atoms with Crippen LogP contribution < -0.4 is 0 Å². The second-order valence-corrected chi connectivity index (χ2v) is 4.44. The third-order valence-electron chi connectivity index (χ3n) is 1.22. The molecule has 5 nitrogen and oxygen atoms in total. The van der Waals surface area contributed by atoms with Gasteiger partial charge in [-0.2, -0.15) is 0 Å². The summed E-state index contributed by atoms with van der Waals surface area (Å²) in [5.41, 5.74) is -0.100. The summed E-state index contributed by atoms with van der Waals surface area (Å²) >= 11 is -3.46. The maximum Gasteiger partial charge on any atom is 0.340 e. The van der Waals surface area contributed by atoms with E-state index in [0.29, 0.717) is 0 Å². The molecule has 0 saturated heterocycles. The van der Waals surface area contributed by atoms with E-state index >= 15 is 0 Å². The second-order valence-electron chi connectivity index (χ2n) is 1.95. The van der Waals surface area contributed by atoms with Crippen molar-refractivity contribution in [1.29, 1.82) is 0 Å². The molecule has 0 aliphatic carbocycles. The van der Waals surface area contributed by atoms with E-state index < -0.39 is 24.7 Å². The van der Waals surface area contributed by atoms with E-state index in [1.165, 1.54) is 24.3 Å². The van der Waals surface area contributed by atoms with Gasteiger partial charge in [-0.1, -0.05) is 0 Å². The van der Waals surface area contributed by atoms with Gasteiger partial charge in [-0.25, -0.2) is 6.14 Å². The van der Waals surface area contributed by atoms with Crippen molar-refractivity contribution in [2.24, 2.45) is 0 Å². The van der Waals surface area contributed by atoms with E-state index in [4.69, 9.17) is 0 Å². The quantitative estimate of drug-likeness (QED) is 0.471.